The van der Waals surface area contributed by atoms with Crippen molar-refractivity contribution in [1.29, 1.82) is 0 Å². The molecule has 0 saturated carbocycles. The van der Waals surface area contributed by atoms with Gasteiger partial charge in [0.25, 0.3) is 5.92 Å². The molecular formula is C21H33F2N3O2Si. The topological polar surface area (TPSA) is 50.3 Å². The zero-order valence-corrected chi connectivity index (χ0v) is 19.3. The van der Waals surface area contributed by atoms with Crippen LogP contribution in [0.1, 0.15) is 40.0 Å². The summed E-state index contributed by atoms with van der Waals surface area (Å²) in [5.41, 5.74) is 1.78. The fraction of sp³-hybridized carbons (Fsp3) is 0.667. The van der Waals surface area contributed by atoms with Crippen LogP contribution in [0.3, 0.4) is 0 Å². The number of H-pyrrole nitrogens is 1. The number of benzene rings is 1. The van der Waals surface area contributed by atoms with Crippen LogP contribution in [-0.4, -0.2) is 43.0 Å². The first-order valence-corrected chi connectivity index (χ1v) is 13.2. The number of aryl methyl sites for hydroxylation is 1. The van der Waals surface area contributed by atoms with Crippen molar-refractivity contribution in [1.82, 2.24) is 9.55 Å². The molecule has 8 heteroatoms. The summed E-state index contributed by atoms with van der Waals surface area (Å²) in [6, 6.07) is 4.50. The third kappa shape index (κ3) is 4.14. The standard InChI is InChI=1S/C21H33F2N3O2Si/c1-20(2,3)29(5,6)28-14-11-17-21(22,23)12-8-13-26(17)16-10-7-9-15-18(16)25(4)19(27)24-15/h7,9-10,17H,8,11-14H2,1-6H3,(H,24,27). The summed E-state index contributed by atoms with van der Waals surface area (Å²) < 4.78 is 37.7. The van der Waals surface area contributed by atoms with Crippen LogP contribution in [0.15, 0.2) is 23.0 Å². The largest absolute Gasteiger partial charge is 0.417 e. The average molecular weight is 426 g/mol. The Morgan fingerprint density at radius 2 is 2.00 bits per heavy atom. The molecular weight excluding hydrogens is 392 g/mol. The number of aromatic amines is 1. The molecule has 0 radical (unpaired) electrons. The van der Waals surface area contributed by atoms with Gasteiger partial charge in [0.05, 0.1) is 22.8 Å². The minimum atomic E-state index is -2.80. The van der Waals surface area contributed by atoms with E-state index in [9.17, 15) is 4.79 Å². The first kappa shape index (κ1) is 22.0. The summed E-state index contributed by atoms with van der Waals surface area (Å²) in [5, 5.41) is 0.0385. The monoisotopic (exact) mass is 425 g/mol. The van der Waals surface area contributed by atoms with Gasteiger partial charge in [-0.05, 0) is 43.1 Å². The van der Waals surface area contributed by atoms with E-state index in [0.29, 0.717) is 36.3 Å². The van der Waals surface area contributed by atoms with Crippen LogP contribution in [0.4, 0.5) is 14.5 Å². The summed E-state index contributed by atoms with van der Waals surface area (Å²) in [6.07, 6.45) is 0.561. The number of nitrogens with zero attached hydrogens (tertiary/aromatic N) is 2. The number of fused-ring (bicyclic) bond motifs is 1. The highest BCUT2D eigenvalue weighted by Gasteiger charge is 2.46. The molecule has 1 aromatic heterocycles. The molecule has 1 saturated heterocycles. The molecule has 1 aliphatic rings. The molecule has 0 amide bonds. The maximum atomic E-state index is 15.0. The smallest absolute Gasteiger partial charge is 0.326 e. The number of hydrogen-bond acceptors (Lipinski definition) is 3. The Hall–Kier alpha value is -1.67. The third-order valence-electron chi connectivity index (χ3n) is 6.64. The highest BCUT2D eigenvalue weighted by Crippen LogP contribution is 2.41. The van der Waals surface area contributed by atoms with E-state index in [4.69, 9.17) is 4.43 Å². The van der Waals surface area contributed by atoms with Crippen molar-refractivity contribution in [3.8, 4) is 0 Å². The number of halogens is 2. The highest BCUT2D eigenvalue weighted by atomic mass is 28.4. The quantitative estimate of drug-likeness (QED) is 0.695. The maximum absolute atomic E-state index is 15.0. The number of nitrogens with one attached hydrogen (secondary N) is 1. The molecule has 1 fully saturated rings. The van der Waals surface area contributed by atoms with E-state index in [1.165, 1.54) is 4.57 Å². The van der Waals surface area contributed by atoms with E-state index in [-0.39, 0.29) is 23.6 Å². The summed E-state index contributed by atoms with van der Waals surface area (Å²) in [7, 11) is -0.331. The van der Waals surface area contributed by atoms with Crippen LogP contribution in [0.2, 0.25) is 18.1 Å². The molecule has 0 bridgehead atoms. The third-order valence-corrected chi connectivity index (χ3v) is 11.2. The molecule has 1 aliphatic heterocycles. The fourth-order valence-electron chi connectivity index (χ4n) is 3.85. The average Bonchev–Trinajstić information content (AvgIpc) is 2.89. The molecule has 0 spiro atoms. The Bertz CT molecular complexity index is 930. The van der Waals surface area contributed by atoms with E-state index < -0.39 is 20.3 Å². The first-order valence-electron chi connectivity index (χ1n) is 10.3. The van der Waals surface area contributed by atoms with Gasteiger partial charge in [0.15, 0.2) is 8.32 Å². The lowest BCUT2D eigenvalue weighted by Crippen LogP contribution is -2.53. The first-order chi connectivity index (χ1) is 13.3. The fourth-order valence-corrected chi connectivity index (χ4v) is 4.91. The number of alkyl halides is 2. The van der Waals surface area contributed by atoms with Gasteiger partial charge >= 0.3 is 5.69 Å². The lowest BCUT2D eigenvalue weighted by atomic mass is 9.94. The number of anilines is 1. The van der Waals surface area contributed by atoms with Crippen molar-refractivity contribution in [2.75, 3.05) is 18.1 Å². The molecule has 0 aliphatic carbocycles. The number of para-hydroxylation sites is 1. The molecule has 2 aromatic rings. The van der Waals surface area contributed by atoms with E-state index in [1.54, 1.807) is 18.0 Å². The number of rotatable bonds is 5. The van der Waals surface area contributed by atoms with Crippen LogP contribution in [0.5, 0.6) is 0 Å². The van der Waals surface area contributed by atoms with Gasteiger partial charge in [-0.3, -0.25) is 4.57 Å². The minimum Gasteiger partial charge on any atom is -0.417 e. The molecule has 5 nitrogen and oxygen atoms in total. The van der Waals surface area contributed by atoms with Gasteiger partial charge in [0, 0.05) is 26.6 Å². The summed E-state index contributed by atoms with van der Waals surface area (Å²) in [6.45, 7) is 11.6. The van der Waals surface area contributed by atoms with Crippen molar-refractivity contribution in [3.63, 3.8) is 0 Å². The van der Waals surface area contributed by atoms with Gasteiger partial charge in [-0.2, -0.15) is 0 Å². The second kappa shape index (κ2) is 7.54. The van der Waals surface area contributed by atoms with Crippen molar-refractivity contribution < 1.29 is 13.2 Å². The second-order valence-electron chi connectivity index (χ2n) is 9.63. The van der Waals surface area contributed by atoms with E-state index in [1.807, 2.05) is 12.1 Å². The Balaban J connectivity index is 1.91. The number of piperidine rings is 1. The van der Waals surface area contributed by atoms with Crippen LogP contribution in [-0.2, 0) is 11.5 Å². The molecule has 1 unspecified atom stereocenters. The molecule has 1 atom stereocenters. The van der Waals surface area contributed by atoms with Gasteiger partial charge in [-0.1, -0.05) is 26.8 Å². The zero-order chi connectivity index (χ0) is 21.6. The second-order valence-corrected chi connectivity index (χ2v) is 14.4. The molecule has 2 heterocycles. The number of aromatic nitrogens is 2. The number of hydrogen-bond donors (Lipinski definition) is 1. The van der Waals surface area contributed by atoms with Crippen LogP contribution in [0, 0.1) is 0 Å². The van der Waals surface area contributed by atoms with E-state index in [0.717, 1.165) is 0 Å². The van der Waals surface area contributed by atoms with Crippen LogP contribution >= 0.6 is 0 Å². The van der Waals surface area contributed by atoms with Gasteiger partial charge in [-0.25, -0.2) is 13.6 Å². The van der Waals surface area contributed by atoms with E-state index in [2.05, 4.69) is 38.8 Å². The van der Waals surface area contributed by atoms with E-state index >= 15 is 8.78 Å². The summed E-state index contributed by atoms with van der Waals surface area (Å²) >= 11 is 0. The molecule has 29 heavy (non-hydrogen) atoms. The summed E-state index contributed by atoms with van der Waals surface area (Å²) in [5.74, 6) is -2.80. The van der Waals surface area contributed by atoms with Crippen molar-refractivity contribution in [2.24, 2.45) is 7.05 Å². The van der Waals surface area contributed by atoms with Gasteiger partial charge < -0.3 is 14.3 Å². The number of imidazole rings is 1. The van der Waals surface area contributed by atoms with Crippen molar-refractivity contribution in [3.05, 3.63) is 28.7 Å². The SMILES string of the molecule is Cn1c(=O)[nH]c2cccc(N3CCCC(F)(F)C3CCO[Si](C)(C)C(C)(C)C)c21. The Morgan fingerprint density at radius 3 is 2.66 bits per heavy atom. The maximum Gasteiger partial charge on any atom is 0.326 e. The Labute approximate surface area is 172 Å². The normalized spacial score (nSPS) is 20.4. The predicted octanol–water partition coefficient (Wildman–Crippen LogP) is 4.88. The Kier molecular flexibility index (Phi) is 5.73. The highest BCUT2D eigenvalue weighted by molar-refractivity contribution is 6.74. The van der Waals surface area contributed by atoms with Crippen LogP contribution < -0.4 is 10.6 Å². The van der Waals surface area contributed by atoms with Gasteiger partial charge in [0.2, 0.25) is 0 Å². The lowest BCUT2D eigenvalue weighted by molar-refractivity contribution is -0.0536. The molecule has 162 valence electrons. The molecule has 1 N–H and O–H groups in total. The van der Waals surface area contributed by atoms with Crippen molar-refractivity contribution in [2.45, 2.75) is 70.1 Å². The summed E-state index contributed by atoms with van der Waals surface area (Å²) in [4.78, 5) is 16.7. The minimum absolute atomic E-state index is 0.0385. The Morgan fingerprint density at radius 1 is 1.31 bits per heavy atom. The van der Waals surface area contributed by atoms with Gasteiger partial charge in [0.1, 0.15) is 0 Å². The molecule has 3 rings (SSSR count). The predicted molar refractivity (Wildman–Crippen MR) is 117 cm³/mol. The van der Waals surface area contributed by atoms with Gasteiger partial charge in [-0.15, -0.1) is 0 Å². The van der Waals surface area contributed by atoms with Crippen LogP contribution in [0.25, 0.3) is 11.0 Å². The van der Waals surface area contributed by atoms with Crippen molar-refractivity contribution >= 4 is 25.0 Å². The molecule has 1 aromatic carbocycles. The zero-order valence-electron chi connectivity index (χ0n) is 18.3. The lowest BCUT2D eigenvalue weighted by Gasteiger charge is -2.43.